The molecule has 0 unspecified atom stereocenters. The van der Waals surface area contributed by atoms with Gasteiger partial charge in [-0.05, 0) is 25.0 Å². The Morgan fingerprint density at radius 1 is 1.29 bits per heavy atom. The minimum absolute atomic E-state index is 0.133. The second kappa shape index (κ2) is 5.10. The normalized spacial score (nSPS) is 19.0. The van der Waals surface area contributed by atoms with Crippen molar-refractivity contribution in [2.24, 2.45) is 5.73 Å². The topological polar surface area (TPSA) is 88.8 Å². The molecule has 0 saturated heterocycles. The van der Waals surface area contributed by atoms with E-state index in [4.69, 9.17) is 5.73 Å². The van der Waals surface area contributed by atoms with Crippen LogP contribution in [-0.4, -0.2) is 31.2 Å². The summed E-state index contributed by atoms with van der Waals surface area (Å²) in [5, 5.41) is 0. The average molecular weight is 307 g/mol. The van der Waals surface area contributed by atoms with Gasteiger partial charge in [-0.1, -0.05) is 25.3 Å². The van der Waals surface area contributed by atoms with Gasteiger partial charge in [-0.25, -0.2) is 13.4 Å². The molecule has 1 heterocycles. The van der Waals surface area contributed by atoms with Crippen LogP contribution in [0.2, 0.25) is 0 Å². The van der Waals surface area contributed by atoms with Crippen molar-refractivity contribution in [1.29, 1.82) is 0 Å². The summed E-state index contributed by atoms with van der Waals surface area (Å²) in [6.45, 7) is 0.543. The van der Waals surface area contributed by atoms with Crippen LogP contribution in [-0.2, 0) is 15.3 Å². The molecule has 21 heavy (non-hydrogen) atoms. The van der Waals surface area contributed by atoms with Crippen molar-refractivity contribution in [3.05, 3.63) is 24.0 Å². The van der Waals surface area contributed by atoms with E-state index in [0.29, 0.717) is 12.1 Å². The zero-order chi connectivity index (χ0) is 15.1. The number of para-hydroxylation sites is 1. The number of hydrogen-bond acceptors (Lipinski definition) is 4. The van der Waals surface area contributed by atoms with E-state index in [1.807, 2.05) is 6.07 Å². The third kappa shape index (κ3) is 2.46. The van der Waals surface area contributed by atoms with Gasteiger partial charge in [-0.3, -0.25) is 0 Å². The Morgan fingerprint density at radius 2 is 2.00 bits per heavy atom. The third-order valence-electron chi connectivity index (χ3n) is 4.58. The van der Waals surface area contributed by atoms with Crippen molar-refractivity contribution in [2.45, 2.75) is 42.4 Å². The van der Waals surface area contributed by atoms with E-state index >= 15 is 0 Å². The third-order valence-corrected chi connectivity index (χ3v) is 5.71. The Bertz CT molecular complexity index is 758. The van der Waals surface area contributed by atoms with E-state index in [9.17, 15) is 8.42 Å². The lowest BCUT2D eigenvalue weighted by Gasteiger charge is -2.34. The van der Waals surface area contributed by atoms with Gasteiger partial charge in [0.15, 0.2) is 9.84 Å². The number of benzene rings is 1. The minimum Gasteiger partial charge on any atom is -0.341 e. The first-order valence-electron chi connectivity index (χ1n) is 7.36. The van der Waals surface area contributed by atoms with Gasteiger partial charge in [0.1, 0.15) is 11.3 Å². The second-order valence-corrected chi connectivity index (χ2v) is 8.04. The first-order chi connectivity index (χ1) is 9.96. The maximum Gasteiger partial charge on any atom is 0.177 e. The molecule has 3 N–H and O–H groups in total. The van der Waals surface area contributed by atoms with Gasteiger partial charge in [-0.15, -0.1) is 0 Å². The van der Waals surface area contributed by atoms with E-state index in [2.05, 4.69) is 9.97 Å². The zero-order valence-electron chi connectivity index (χ0n) is 12.2. The molecule has 1 saturated carbocycles. The molecule has 0 aliphatic heterocycles. The molecule has 1 aliphatic carbocycles. The Morgan fingerprint density at radius 3 is 2.62 bits per heavy atom. The van der Waals surface area contributed by atoms with Crippen molar-refractivity contribution in [2.75, 3.05) is 12.8 Å². The van der Waals surface area contributed by atoms with Crippen molar-refractivity contribution >= 4 is 20.9 Å². The molecule has 0 amide bonds. The smallest absolute Gasteiger partial charge is 0.177 e. The standard InChI is InChI=1S/C15H21N3O2S/c1-21(19,20)12-7-5-6-11-13(12)18-14(17-11)15(10-16)8-3-2-4-9-15/h5-7H,2-4,8-10,16H2,1H3,(H,17,18). The summed E-state index contributed by atoms with van der Waals surface area (Å²) in [6, 6.07) is 5.22. The summed E-state index contributed by atoms with van der Waals surface area (Å²) in [6.07, 6.45) is 6.77. The molecule has 0 radical (unpaired) electrons. The SMILES string of the molecule is CS(=O)(=O)c1cccc2[nH]c(C3(CN)CCCCC3)nc12. The maximum atomic E-state index is 11.9. The first-order valence-corrected chi connectivity index (χ1v) is 9.25. The van der Waals surface area contributed by atoms with E-state index in [0.717, 1.165) is 37.0 Å². The molecular formula is C15H21N3O2S. The van der Waals surface area contributed by atoms with Crippen LogP contribution in [0, 0.1) is 0 Å². The summed E-state index contributed by atoms with van der Waals surface area (Å²) in [5.41, 5.74) is 7.21. The highest BCUT2D eigenvalue weighted by Crippen LogP contribution is 2.38. The number of imidazole rings is 1. The summed E-state index contributed by atoms with van der Waals surface area (Å²) >= 11 is 0. The van der Waals surface area contributed by atoms with E-state index < -0.39 is 9.84 Å². The maximum absolute atomic E-state index is 11.9. The number of nitrogens with one attached hydrogen (secondary N) is 1. The van der Waals surface area contributed by atoms with E-state index in [1.54, 1.807) is 12.1 Å². The van der Waals surface area contributed by atoms with E-state index in [1.165, 1.54) is 12.7 Å². The molecule has 1 fully saturated rings. The Balaban J connectivity index is 2.17. The van der Waals surface area contributed by atoms with Gasteiger partial charge < -0.3 is 10.7 Å². The fourth-order valence-electron chi connectivity index (χ4n) is 3.32. The number of nitrogens with zero attached hydrogens (tertiary/aromatic N) is 1. The highest BCUT2D eigenvalue weighted by Gasteiger charge is 2.35. The summed E-state index contributed by atoms with van der Waals surface area (Å²) < 4.78 is 23.8. The minimum atomic E-state index is -3.29. The number of H-pyrrole nitrogens is 1. The molecule has 3 rings (SSSR count). The van der Waals surface area contributed by atoms with Crippen LogP contribution in [0.5, 0.6) is 0 Å². The molecule has 0 atom stereocenters. The molecule has 0 spiro atoms. The van der Waals surface area contributed by atoms with Crippen LogP contribution in [0.25, 0.3) is 11.0 Å². The summed E-state index contributed by atoms with van der Waals surface area (Å²) in [4.78, 5) is 8.23. The number of rotatable bonds is 3. The van der Waals surface area contributed by atoms with Crippen LogP contribution in [0.3, 0.4) is 0 Å². The molecule has 1 aliphatic rings. The zero-order valence-corrected chi connectivity index (χ0v) is 13.0. The first kappa shape index (κ1) is 14.5. The Labute approximate surface area is 124 Å². The van der Waals surface area contributed by atoms with Gasteiger partial charge in [0, 0.05) is 18.2 Å². The quantitative estimate of drug-likeness (QED) is 0.909. The van der Waals surface area contributed by atoms with Crippen molar-refractivity contribution < 1.29 is 8.42 Å². The van der Waals surface area contributed by atoms with Gasteiger partial charge in [0.25, 0.3) is 0 Å². The van der Waals surface area contributed by atoms with Crippen LogP contribution in [0.15, 0.2) is 23.1 Å². The van der Waals surface area contributed by atoms with Gasteiger partial charge in [0.05, 0.1) is 10.4 Å². The summed E-state index contributed by atoms with van der Waals surface area (Å²) in [7, 11) is -3.29. The lowest BCUT2D eigenvalue weighted by atomic mass is 9.73. The number of nitrogens with two attached hydrogens (primary N) is 1. The summed E-state index contributed by atoms with van der Waals surface area (Å²) in [5.74, 6) is 0.843. The largest absolute Gasteiger partial charge is 0.341 e. The van der Waals surface area contributed by atoms with Crippen molar-refractivity contribution in [3.63, 3.8) is 0 Å². The molecule has 1 aromatic heterocycles. The molecule has 0 bridgehead atoms. The van der Waals surface area contributed by atoms with Crippen LogP contribution in [0.1, 0.15) is 37.9 Å². The Hall–Kier alpha value is -1.40. The van der Waals surface area contributed by atoms with Gasteiger partial charge in [-0.2, -0.15) is 0 Å². The number of aromatic amines is 1. The number of hydrogen-bond donors (Lipinski definition) is 2. The lowest BCUT2D eigenvalue weighted by molar-refractivity contribution is 0.288. The number of aromatic nitrogens is 2. The monoisotopic (exact) mass is 307 g/mol. The molecule has 1 aromatic carbocycles. The van der Waals surface area contributed by atoms with Crippen molar-refractivity contribution in [1.82, 2.24) is 9.97 Å². The Kier molecular flexibility index (Phi) is 3.53. The predicted molar refractivity (Wildman–Crippen MR) is 83.0 cm³/mol. The molecule has 2 aromatic rings. The second-order valence-electron chi connectivity index (χ2n) is 6.06. The highest BCUT2D eigenvalue weighted by molar-refractivity contribution is 7.91. The lowest BCUT2D eigenvalue weighted by Crippen LogP contribution is -2.38. The van der Waals surface area contributed by atoms with Crippen LogP contribution in [0.4, 0.5) is 0 Å². The number of sulfone groups is 1. The van der Waals surface area contributed by atoms with Crippen LogP contribution >= 0.6 is 0 Å². The molecule has 5 nitrogen and oxygen atoms in total. The fourth-order valence-corrected chi connectivity index (χ4v) is 4.15. The van der Waals surface area contributed by atoms with E-state index in [-0.39, 0.29) is 10.3 Å². The predicted octanol–water partition coefficient (Wildman–Crippen LogP) is 2.13. The average Bonchev–Trinajstić information content (AvgIpc) is 2.91. The van der Waals surface area contributed by atoms with Gasteiger partial charge >= 0.3 is 0 Å². The fraction of sp³-hybridized carbons (Fsp3) is 0.533. The molecular weight excluding hydrogens is 286 g/mol. The highest BCUT2D eigenvalue weighted by atomic mass is 32.2. The van der Waals surface area contributed by atoms with Gasteiger partial charge in [0.2, 0.25) is 0 Å². The van der Waals surface area contributed by atoms with Crippen molar-refractivity contribution in [3.8, 4) is 0 Å². The van der Waals surface area contributed by atoms with Crippen LogP contribution < -0.4 is 5.73 Å². The number of fused-ring (bicyclic) bond motifs is 1. The molecule has 6 heteroatoms. The molecule has 114 valence electrons.